The van der Waals surface area contributed by atoms with Gasteiger partial charge in [-0.15, -0.1) is 0 Å². The van der Waals surface area contributed by atoms with Gasteiger partial charge in [0.1, 0.15) is 17.2 Å². The van der Waals surface area contributed by atoms with Crippen LogP contribution in [0.3, 0.4) is 0 Å². The molecule has 118 valence electrons. The number of methoxy groups -OCH3 is 1. The lowest BCUT2D eigenvalue weighted by Crippen LogP contribution is -2.00. The molecular formula is C20H26O2. The van der Waals surface area contributed by atoms with Crippen molar-refractivity contribution in [1.82, 2.24) is 0 Å². The minimum Gasteiger partial charge on any atom is -0.496 e. The van der Waals surface area contributed by atoms with Crippen molar-refractivity contribution in [2.24, 2.45) is 0 Å². The van der Waals surface area contributed by atoms with Crippen LogP contribution in [0.2, 0.25) is 0 Å². The maximum absolute atomic E-state index is 6.31. The van der Waals surface area contributed by atoms with Crippen LogP contribution < -0.4 is 9.47 Å². The topological polar surface area (TPSA) is 18.5 Å². The molecule has 2 aromatic carbocycles. The van der Waals surface area contributed by atoms with E-state index in [2.05, 4.69) is 60.6 Å². The molecular weight excluding hydrogens is 272 g/mol. The molecule has 2 heteroatoms. The second-order valence-electron chi connectivity index (χ2n) is 6.17. The second kappa shape index (κ2) is 6.04. The van der Waals surface area contributed by atoms with E-state index in [9.17, 15) is 0 Å². The molecule has 0 aliphatic rings. The van der Waals surface area contributed by atoms with E-state index in [0.717, 1.165) is 33.9 Å². The third-order valence-corrected chi connectivity index (χ3v) is 4.68. The summed E-state index contributed by atoms with van der Waals surface area (Å²) in [7, 11) is 1.72. The Morgan fingerprint density at radius 1 is 0.591 bits per heavy atom. The highest BCUT2D eigenvalue weighted by molar-refractivity contribution is 5.55. The molecule has 0 atom stereocenters. The molecule has 2 nitrogen and oxygen atoms in total. The zero-order chi connectivity index (χ0) is 16.6. The van der Waals surface area contributed by atoms with Gasteiger partial charge in [0.2, 0.25) is 0 Å². The molecule has 0 bridgehead atoms. The highest BCUT2D eigenvalue weighted by atomic mass is 16.5. The van der Waals surface area contributed by atoms with E-state index in [1.807, 2.05) is 0 Å². The SMILES string of the molecule is COc1c(C)cc(Oc2c(C)cc(C)c(C)c2C)c(C)c1C. The molecule has 0 spiro atoms. The average Bonchev–Trinajstić information content (AvgIpc) is 2.46. The molecule has 0 aliphatic heterocycles. The minimum absolute atomic E-state index is 0.908. The zero-order valence-corrected chi connectivity index (χ0v) is 15.0. The summed E-state index contributed by atoms with van der Waals surface area (Å²) in [6.07, 6.45) is 0. The monoisotopic (exact) mass is 298 g/mol. The fourth-order valence-electron chi connectivity index (χ4n) is 2.97. The van der Waals surface area contributed by atoms with Gasteiger partial charge in [-0.1, -0.05) is 6.07 Å². The van der Waals surface area contributed by atoms with Crippen LogP contribution in [0.1, 0.15) is 38.9 Å². The Labute approximate surface area is 134 Å². The minimum atomic E-state index is 0.908. The number of rotatable bonds is 3. The van der Waals surface area contributed by atoms with Gasteiger partial charge in [-0.25, -0.2) is 0 Å². The van der Waals surface area contributed by atoms with E-state index < -0.39 is 0 Å². The first kappa shape index (κ1) is 16.4. The summed E-state index contributed by atoms with van der Waals surface area (Å²) in [6.45, 7) is 14.7. The third kappa shape index (κ3) is 2.70. The first-order valence-corrected chi connectivity index (χ1v) is 7.68. The molecule has 2 aromatic rings. The predicted octanol–water partition coefficient (Wildman–Crippen LogP) is 5.65. The molecule has 0 unspecified atom stereocenters. The lowest BCUT2D eigenvalue weighted by atomic mass is 9.99. The maximum Gasteiger partial charge on any atom is 0.133 e. The van der Waals surface area contributed by atoms with E-state index in [0.29, 0.717) is 0 Å². The molecule has 0 aromatic heterocycles. The van der Waals surface area contributed by atoms with Gasteiger partial charge in [-0.05, 0) is 93.5 Å². The van der Waals surface area contributed by atoms with Crippen LogP contribution in [0, 0.1) is 48.5 Å². The Hall–Kier alpha value is -1.96. The highest BCUT2D eigenvalue weighted by Gasteiger charge is 2.15. The average molecular weight is 298 g/mol. The van der Waals surface area contributed by atoms with Crippen molar-refractivity contribution in [1.29, 1.82) is 0 Å². The predicted molar refractivity (Wildman–Crippen MR) is 92.7 cm³/mol. The summed E-state index contributed by atoms with van der Waals surface area (Å²) in [6, 6.07) is 4.26. The van der Waals surface area contributed by atoms with Crippen LogP contribution in [0.5, 0.6) is 17.2 Å². The van der Waals surface area contributed by atoms with Crippen LogP contribution in [0.15, 0.2) is 12.1 Å². The van der Waals surface area contributed by atoms with Crippen molar-refractivity contribution in [2.45, 2.75) is 48.5 Å². The number of benzene rings is 2. The van der Waals surface area contributed by atoms with Crippen molar-refractivity contribution < 1.29 is 9.47 Å². The quantitative estimate of drug-likeness (QED) is 0.729. The number of aryl methyl sites for hydroxylation is 3. The van der Waals surface area contributed by atoms with Crippen molar-refractivity contribution in [2.75, 3.05) is 7.11 Å². The van der Waals surface area contributed by atoms with E-state index in [-0.39, 0.29) is 0 Å². The maximum atomic E-state index is 6.31. The van der Waals surface area contributed by atoms with Crippen molar-refractivity contribution in [3.63, 3.8) is 0 Å². The molecule has 0 saturated carbocycles. The molecule has 22 heavy (non-hydrogen) atoms. The summed E-state index contributed by atoms with van der Waals surface area (Å²) in [5, 5.41) is 0. The highest BCUT2D eigenvalue weighted by Crippen LogP contribution is 2.38. The van der Waals surface area contributed by atoms with E-state index in [4.69, 9.17) is 9.47 Å². The Bertz CT molecular complexity index is 727. The van der Waals surface area contributed by atoms with Gasteiger partial charge in [0, 0.05) is 0 Å². The molecule has 0 heterocycles. The van der Waals surface area contributed by atoms with Crippen molar-refractivity contribution >= 4 is 0 Å². The van der Waals surface area contributed by atoms with Crippen molar-refractivity contribution in [3.05, 3.63) is 51.1 Å². The molecule has 2 rings (SSSR count). The standard InChI is InChI=1S/C20H26O2/c1-11-9-12(2)20(16(6)14(11)4)22-18-10-13(3)19(21-8)17(7)15(18)5/h9-10H,1-8H3. The number of hydrogen-bond acceptors (Lipinski definition) is 2. The van der Waals surface area contributed by atoms with Gasteiger partial charge in [-0.3, -0.25) is 0 Å². The number of hydrogen-bond donors (Lipinski definition) is 0. The Morgan fingerprint density at radius 3 is 1.73 bits per heavy atom. The van der Waals surface area contributed by atoms with E-state index >= 15 is 0 Å². The largest absolute Gasteiger partial charge is 0.496 e. The van der Waals surface area contributed by atoms with Crippen molar-refractivity contribution in [3.8, 4) is 17.2 Å². The number of ether oxygens (including phenoxy) is 2. The van der Waals surface area contributed by atoms with Crippen LogP contribution in [-0.4, -0.2) is 7.11 Å². The molecule has 0 N–H and O–H groups in total. The zero-order valence-electron chi connectivity index (χ0n) is 15.0. The molecule has 0 fully saturated rings. The second-order valence-corrected chi connectivity index (χ2v) is 6.17. The summed E-state index contributed by atoms with van der Waals surface area (Å²) in [5.41, 5.74) is 8.34. The Morgan fingerprint density at radius 2 is 1.14 bits per heavy atom. The summed E-state index contributed by atoms with van der Waals surface area (Å²) < 4.78 is 11.8. The summed E-state index contributed by atoms with van der Waals surface area (Å²) in [5.74, 6) is 2.82. The summed E-state index contributed by atoms with van der Waals surface area (Å²) in [4.78, 5) is 0. The van der Waals surface area contributed by atoms with Crippen LogP contribution >= 0.6 is 0 Å². The van der Waals surface area contributed by atoms with Gasteiger partial charge in [0.05, 0.1) is 7.11 Å². The smallest absolute Gasteiger partial charge is 0.133 e. The van der Waals surface area contributed by atoms with E-state index in [1.54, 1.807) is 7.11 Å². The van der Waals surface area contributed by atoms with Gasteiger partial charge in [0.25, 0.3) is 0 Å². The van der Waals surface area contributed by atoms with Gasteiger partial charge >= 0.3 is 0 Å². The summed E-state index contributed by atoms with van der Waals surface area (Å²) >= 11 is 0. The fourth-order valence-corrected chi connectivity index (χ4v) is 2.97. The van der Waals surface area contributed by atoms with Gasteiger partial charge in [0.15, 0.2) is 0 Å². The molecule has 0 aliphatic carbocycles. The fraction of sp³-hybridized carbons (Fsp3) is 0.400. The first-order chi connectivity index (χ1) is 10.3. The van der Waals surface area contributed by atoms with Gasteiger partial charge < -0.3 is 9.47 Å². The van der Waals surface area contributed by atoms with Crippen LogP contribution in [-0.2, 0) is 0 Å². The third-order valence-electron chi connectivity index (χ3n) is 4.68. The Kier molecular flexibility index (Phi) is 4.50. The Balaban J connectivity index is 2.56. The lowest BCUT2D eigenvalue weighted by molar-refractivity contribution is 0.405. The first-order valence-electron chi connectivity index (χ1n) is 7.68. The van der Waals surface area contributed by atoms with E-state index in [1.165, 1.54) is 22.3 Å². The lowest BCUT2D eigenvalue weighted by Gasteiger charge is -2.19. The molecule has 0 saturated heterocycles. The molecule has 0 radical (unpaired) electrons. The molecule has 0 amide bonds. The van der Waals surface area contributed by atoms with Crippen LogP contribution in [0.4, 0.5) is 0 Å². The van der Waals surface area contributed by atoms with Crippen LogP contribution in [0.25, 0.3) is 0 Å². The van der Waals surface area contributed by atoms with Gasteiger partial charge in [-0.2, -0.15) is 0 Å². The normalized spacial score (nSPS) is 10.7.